The van der Waals surface area contributed by atoms with E-state index < -0.39 is 5.60 Å². The number of methoxy groups -OCH3 is 1. The first-order valence-electron chi connectivity index (χ1n) is 6.58. The van der Waals surface area contributed by atoms with Crippen LogP contribution in [0.1, 0.15) is 51.9 Å². The SMILES string of the molecule is COC(=O)CC(C)NCC1(O)CCCCCC1. The van der Waals surface area contributed by atoms with E-state index in [1.807, 2.05) is 6.92 Å². The minimum atomic E-state index is -0.582. The van der Waals surface area contributed by atoms with Crippen molar-refractivity contribution in [3.63, 3.8) is 0 Å². The summed E-state index contributed by atoms with van der Waals surface area (Å²) in [7, 11) is 1.40. The minimum absolute atomic E-state index is 0.0507. The molecule has 0 radical (unpaired) electrons. The Labute approximate surface area is 104 Å². The molecule has 0 bridgehead atoms. The fourth-order valence-corrected chi connectivity index (χ4v) is 2.33. The average Bonchev–Trinajstić information content (AvgIpc) is 2.52. The molecule has 2 N–H and O–H groups in total. The summed E-state index contributed by atoms with van der Waals surface area (Å²) in [5.41, 5.74) is -0.582. The number of hydrogen-bond acceptors (Lipinski definition) is 4. The Bertz CT molecular complexity index is 235. The van der Waals surface area contributed by atoms with Crippen molar-refractivity contribution in [2.24, 2.45) is 0 Å². The first-order valence-corrected chi connectivity index (χ1v) is 6.58. The number of carbonyl (C=O) groups is 1. The van der Waals surface area contributed by atoms with Crippen molar-refractivity contribution < 1.29 is 14.6 Å². The lowest BCUT2D eigenvalue weighted by Crippen LogP contribution is -2.44. The van der Waals surface area contributed by atoms with Crippen LogP contribution >= 0.6 is 0 Å². The average molecular weight is 243 g/mol. The molecule has 4 nitrogen and oxygen atoms in total. The maximum Gasteiger partial charge on any atom is 0.307 e. The highest BCUT2D eigenvalue weighted by molar-refractivity contribution is 5.69. The zero-order chi connectivity index (χ0) is 12.7. The standard InChI is InChI=1S/C13H25NO3/c1-11(9-12(15)17-2)14-10-13(16)7-5-3-4-6-8-13/h11,14,16H,3-10H2,1-2H3. The Kier molecular flexibility index (Phi) is 5.92. The summed E-state index contributed by atoms with van der Waals surface area (Å²) >= 11 is 0. The minimum Gasteiger partial charge on any atom is -0.469 e. The monoisotopic (exact) mass is 243 g/mol. The number of esters is 1. The summed E-state index contributed by atoms with van der Waals surface area (Å²) in [6.45, 7) is 2.52. The summed E-state index contributed by atoms with van der Waals surface area (Å²) in [6, 6.07) is 0.0507. The van der Waals surface area contributed by atoms with Crippen molar-refractivity contribution in [3.05, 3.63) is 0 Å². The van der Waals surface area contributed by atoms with Gasteiger partial charge in [-0.25, -0.2) is 0 Å². The Morgan fingerprint density at radius 2 is 1.94 bits per heavy atom. The van der Waals surface area contributed by atoms with E-state index in [9.17, 15) is 9.90 Å². The van der Waals surface area contributed by atoms with E-state index in [0.29, 0.717) is 13.0 Å². The van der Waals surface area contributed by atoms with Gasteiger partial charge in [0.05, 0.1) is 19.1 Å². The quantitative estimate of drug-likeness (QED) is 0.569. The summed E-state index contributed by atoms with van der Waals surface area (Å²) in [5.74, 6) is -0.210. The number of ether oxygens (including phenoxy) is 1. The van der Waals surface area contributed by atoms with Gasteiger partial charge >= 0.3 is 5.97 Å². The van der Waals surface area contributed by atoms with Gasteiger partial charge in [-0.1, -0.05) is 25.7 Å². The maximum absolute atomic E-state index is 11.1. The van der Waals surface area contributed by atoms with Crippen molar-refractivity contribution in [3.8, 4) is 0 Å². The predicted octanol–water partition coefficient (Wildman–Crippen LogP) is 1.61. The van der Waals surface area contributed by atoms with Gasteiger partial charge in [-0.15, -0.1) is 0 Å². The Morgan fingerprint density at radius 3 is 2.47 bits per heavy atom. The highest BCUT2D eigenvalue weighted by Gasteiger charge is 2.28. The van der Waals surface area contributed by atoms with Crippen molar-refractivity contribution in [2.45, 2.75) is 63.5 Å². The third-order valence-corrected chi connectivity index (χ3v) is 3.51. The molecule has 0 aliphatic heterocycles. The topological polar surface area (TPSA) is 58.6 Å². The number of carbonyl (C=O) groups excluding carboxylic acids is 1. The predicted molar refractivity (Wildman–Crippen MR) is 66.7 cm³/mol. The lowest BCUT2D eigenvalue weighted by atomic mass is 9.94. The summed E-state index contributed by atoms with van der Waals surface area (Å²) in [6.07, 6.45) is 6.73. The van der Waals surface area contributed by atoms with E-state index in [2.05, 4.69) is 10.1 Å². The summed E-state index contributed by atoms with van der Waals surface area (Å²) in [5, 5.41) is 13.6. The molecule has 0 aromatic rings. The van der Waals surface area contributed by atoms with Gasteiger partial charge in [0.1, 0.15) is 0 Å². The van der Waals surface area contributed by atoms with Gasteiger partial charge in [0.2, 0.25) is 0 Å². The van der Waals surface area contributed by atoms with Gasteiger partial charge < -0.3 is 15.2 Å². The molecule has 1 aliphatic carbocycles. The highest BCUT2D eigenvalue weighted by atomic mass is 16.5. The Hall–Kier alpha value is -0.610. The second-order valence-corrected chi connectivity index (χ2v) is 5.20. The molecule has 1 fully saturated rings. The smallest absolute Gasteiger partial charge is 0.307 e. The molecule has 0 aromatic heterocycles. The molecule has 0 aromatic carbocycles. The van der Waals surface area contributed by atoms with E-state index in [1.165, 1.54) is 20.0 Å². The van der Waals surface area contributed by atoms with E-state index in [-0.39, 0.29) is 12.0 Å². The van der Waals surface area contributed by atoms with Crippen LogP contribution in [0.5, 0.6) is 0 Å². The second-order valence-electron chi connectivity index (χ2n) is 5.20. The Morgan fingerprint density at radius 1 is 1.35 bits per heavy atom. The van der Waals surface area contributed by atoms with Crippen molar-refractivity contribution in [1.82, 2.24) is 5.32 Å². The van der Waals surface area contributed by atoms with Gasteiger partial charge in [0, 0.05) is 12.6 Å². The summed E-state index contributed by atoms with van der Waals surface area (Å²) in [4.78, 5) is 11.1. The first kappa shape index (κ1) is 14.5. The fraction of sp³-hybridized carbons (Fsp3) is 0.923. The number of hydrogen-bond donors (Lipinski definition) is 2. The fourth-order valence-electron chi connectivity index (χ4n) is 2.33. The van der Waals surface area contributed by atoms with Crippen molar-refractivity contribution >= 4 is 5.97 Å². The highest BCUT2D eigenvalue weighted by Crippen LogP contribution is 2.26. The molecule has 100 valence electrons. The van der Waals surface area contributed by atoms with Crippen LogP contribution in [0.15, 0.2) is 0 Å². The van der Waals surface area contributed by atoms with E-state index in [4.69, 9.17) is 0 Å². The molecular formula is C13H25NO3. The molecule has 0 amide bonds. The number of rotatable bonds is 5. The molecular weight excluding hydrogens is 218 g/mol. The number of nitrogens with one attached hydrogen (secondary N) is 1. The summed E-state index contributed by atoms with van der Waals surface area (Å²) < 4.78 is 4.62. The molecule has 1 atom stereocenters. The van der Waals surface area contributed by atoms with Crippen LogP contribution in [0, 0.1) is 0 Å². The van der Waals surface area contributed by atoms with Crippen LogP contribution in [-0.4, -0.2) is 36.4 Å². The Balaban J connectivity index is 2.29. The van der Waals surface area contributed by atoms with E-state index >= 15 is 0 Å². The molecule has 17 heavy (non-hydrogen) atoms. The molecule has 1 saturated carbocycles. The number of aliphatic hydroxyl groups is 1. The lowest BCUT2D eigenvalue weighted by molar-refractivity contribution is -0.141. The van der Waals surface area contributed by atoms with Gasteiger partial charge in [-0.3, -0.25) is 4.79 Å². The van der Waals surface area contributed by atoms with Crippen LogP contribution < -0.4 is 5.32 Å². The van der Waals surface area contributed by atoms with E-state index in [1.54, 1.807) is 0 Å². The van der Waals surface area contributed by atoms with Crippen LogP contribution in [0.4, 0.5) is 0 Å². The normalized spacial score (nSPS) is 21.6. The lowest BCUT2D eigenvalue weighted by Gasteiger charge is -2.28. The zero-order valence-corrected chi connectivity index (χ0v) is 11.0. The molecule has 0 saturated heterocycles. The first-order chi connectivity index (χ1) is 8.06. The van der Waals surface area contributed by atoms with Crippen molar-refractivity contribution in [1.29, 1.82) is 0 Å². The van der Waals surface area contributed by atoms with Gasteiger partial charge in [0.15, 0.2) is 0 Å². The molecule has 0 heterocycles. The largest absolute Gasteiger partial charge is 0.469 e. The maximum atomic E-state index is 11.1. The van der Waals surface area contributed by atoms with Gasteiger partial charge in [-0.2, -0.15) is 0 Å². The van der Waals surface area contributed by atoms with Crippen LogP contribution in [0.3, 0.4) is 0 Å². The molecule has 1 rings (SSSR count). The third kappa shape index (κ3) is 5.50. The van der Waals surface area contributed by atoms with Crippen LogP contribution in [-0.2, 0) is 9.53 Å². The molecule has 1 aliphatic rings. The molecule has 4 heteroatoms. The van der Waals surface area contributed by atoms with Crippen LogP contribution in [0.2, 0.25) is 0 Å². The molecule has 1 unspecified atom stereocenters. The van der Waals surface area contributed by atoms with Gasteiger partial charge in [-0.05, 0) is 19.8 Å². The second kappa shape index (κ2) is 6.97. The zero-order valence-electron chi connectivity index (χ0n) is 11.0. The molecule has 0 spiro atoms. The van der Waals surface area contributed by atoms with Crippen LogP contribution in [0.25, 0.3) is 0 Å². The van der Waals surface area contributed by atoms with Gasteiger partial charge in [0.25, 0.3) is 0 Å². The third-order valence-electron chi connectivity index (χ3n) is 3.51. The van der Waals surface area contributed by atoms with E-state index in [0.717, 1.165) is 25.7 Å². The van der Waals surface area contributed by atoms with Crippen molar-refractivity contribution in [2.75, 3.05) is 13.7 Å².